The van der Waals surface area contributed by atoms with E-state index in [2.05, 4.69) is 49.6 Å². The average molecular weight is 363 g/mol. The molecule has 0 aliphatic rings. The Balaban J connectivity index is 1.76. The fourth-order valence-corrected chi connectivity index (χ4v) is 3.89. The van der Waals surface area contributed by atoms with Gasteiger partial charge in [0.2, 0.25) is 0 Å². The molecule has 1 unspecified atom stereocenters. The monoisotopic (exact) mass is 362 g/mol. The highest BCUT2D eigenvalue weighted by Crippen LogP contribution is 2.30. The van der Waals surface area contributed by atoms with E-state index < -0.39 is 0 Å². The van der Waals surface area contributed by atoms with Crippen molar-refractivity contribution in [2.75, 3.05) is 5.32 Å². The minimum absolute atomic E-state index is 0.238. The number of imidazole rings is 1. The molecular formula is C15H15BrN4S. The maximum Gasteiger partial charge on any atom is 0.138 e. The second-order valence-electron chi connectivity index (χ2n) is 4.75. The van der Waals surface area contributed by atoms with Crippen LogP contribution in [0.1, 0.15) is 23.7 Å². The topological polar surface area (TPSA) is 42.7 Å². The zero-order valence-corrected chi connectivity index (χ0v) is 14.1. The molecule has 3 aromatic rings. The van der Waals surface area contributed by atoms with E-state index >= 15 is 0 Å². The third-order valence-corrected chi connectivity index (χ3v) is 5.30. The van der Waals surface area contributed by atoms with E-state index in [0.717, 1.165) is 21.8 Å². The lowest BCUT2D eigenvalue weighted by Gasteiger charge is -2.14. The molecule has 3 heterocycles. The molecule has 0 bridgehead atoms. The lowest BCUT2D eigenvalue weighted by molar-refractivity contribution is 0.894. The smallest absolute Gasteiger partial charge is 0.138 e. The molecule has 0 aliphatic heterocycles. The molecule has 4 nitrogen and oxygen atoms in total. The number of hydrogen-bond acceptors (Lipinski definition) is 4. The van der Waals surface area contributed by atoms with Gasteiger partial charge in [0.1, 0.15) is 11.6 Å². The molecule has 1 N–H and O–H groups in total. The zero-order chi connectivity index (χ0) is 14.8. The van der Waals surface area contributed by atoms with Crippen molar-refractivity contribution in [1.29, 1.82) is 0 Å². The van der Waals surface area contributed by atoms with Gasteiger partial charge in [0.25, 0.3) is 0 Å². The third kappa shape index (κ3) is 3.01. The van der Waals surface area contributed by atoms with Gasteiger partial charge in [-0.3, -0.25) is 4.57 Å². The second-order valence-corrected chi connectivity index (χ2v) is 6.55. The summed E-state index contributed by atoms with van der Waals surface area (Å²) < 4.78 is 3.11. The Hall–Kier alpha value is -1.66. The summed E-state index contributed by atoms with van der Waals surface area (Å²) in [4.78, 5) is 9.98. The van der Waals surface area contributed by atoms with Gasteiger partial charge in [-0.05, 0) is 53.4 Å². The van der Waals surface area contributed by atoms with E-state index in [4.69, 9.17) is 0 Å². The Bertz CT molecular complexity index is 732. The summed E-state index contributed by atoms with van der Waals surface area (Å²) in [7, 11) is 0. The first kappa shape index (κ1) is 14.3. The van der Waals surface area contributed by atoms with Crippen LogP contribution in [0.2, 0.25) is 0 Å². The number of pyridine rings is 1. The molecule has 3 rings (SSSR count). The van der Waals surface area contributed by atoms with Gasteiger partial charge in [-0.25, -0.2) is 9.97 Å². The predicted molar refractivity (Wildman–Crippen MR) is 90.2 cm³/mol. The zero-order valence-electron chi connectivity index (χ0n) is 11.7. The Morgan fingerprint density at radius 1 is 1.29 bits per heavy atom. The SMILES string of the molecule is Cc1nccn1-c1ccc(NC(C)c2sccc2Br)cn1. The van der Waals surface area contributed by atoms with Crippen LogP contribution in [0, 0.1) is 6.92 Å². The number of halogens is 1. The number of anilines is 1. The summed E-state index contributed by atoms with van der Waals surface area (Å²) in [6.07, 6.45) is 5.54. The summed E-state index contributed by atoms with van der Waals surface area (Å²) in [5.41, 5.74) is 1.00. The predicted octanol–water partition coefficient (Wildman–Crippen LogP) is 4.57. The van der Waals surface area contributed by atoms with Gasteiger partial charge in [-0.15, -0.1) is 11.3 Å². The van der Waals surface area contributed by atoms with Gasteiger partial charge in [0.15, 0.2) is 0 Å². The van der Waals surface area contributed by atoms with Crippen molar-refractivity contribution in [2.24, 2.45) is 0 Å². The molecule has 3 aromatic heterocycles. The van der Waals surface area contributed by atoms with Gasteiger partial charge in [-0.1, -0.05) is 0 Å². The minimum Gasteiger partial charge on any atom is -0.376 e. The van der Waals surface area contributed by atoms with Crippen molar-refractivity contribution < 1.29 is 0 Å². The minimum atomic E-state index is 0.238. The lowest BCUT2D eigenvalue weighted by Crippen LogP contribution is -2.06. The van der Waals surface area contributed by atoms with Crippen molar-refractivity contribution >= 4 is 33.0 Å². The molecular weight excluding hydrogens is 348 g/mol. The molecule has 0 radical (unpaired) electrons. The number of hydrogen-bond donors (Lipinski definition) is 1. The Kier molecular flexibility index (Phi) is 4.07. The largest absolute Gasteiger partial charge is 0.376 e. The molecule has 0 saturated heterocycles. The molecule has 0 spiro atoms. The number of aromatic nitrogens is 3. The summed E-state index contributed by atoms with van der Waals surface area (Å²) in [6, 6.07) is 6.34. The summed E-state index contributed by atoms with van der Waals surface area (Å²) in [5.74, 6) is 1.81. The highest BCUT2D eigenvalue weighted by molar-refractivity contribution is 9.10. The Morgan fingerprint density at radius 3 is 2.71 bits per heavy atom. The number of thiophene rings is 1. The average Bonchev–Trinajstić information content (AvgIpc) is 3.08. The Morgan fingerprint density at radius 2 is 2.14 bits per heavy atom. The molecule has 1 atom stereocenters. The van der Waals surface area contributed by atoms with Crippen LogP contribution >= 0.6 is 27.3 Å². The van der Waals surface area contributed by atoms with E-state index in [0.29, 0.717) is 0 Å². The summed E-state index contributed by atoms with van der Waals surface area (Å²) >= 11 is 5.31. The number of nitrogens with zero attached hydrogens (tertiary/aromatic N) is 3. The van der Waals surface area contributed by atoms with Crippen molar-refractivity contribution in [3.05, 3.63) is 57.3 Å². The number of nitrogens with one attached hydrogen (secondary N) is 1. The fraction of sp³-hybridized carbons (Fsp3) is 0.200. The Labute approximate surface area is 136 Å². The van der Waals surface area contributed by atoms with Gasteiger partial charge < -0.3 is 5.32 Å². The first-order valence-electron chi connectivity index (χ1n) is 6.61. The van der Waals surface area contributed by atoms with Crippen LogP contribution in [-0.4, -0.2) is 14.5 Å². The van der Waals surface area contributed by atoms with Crippen molar-refractivity contribution in [1.82, 2.24) is 14.5 Å². The van der Waals surface area contributed by atoms with Crippen LogP contribution in [0.25, 0.3) is 5.82 Å². The van der Waals surface area contributed by atoms with Gasteiger partial charge in [0.05, 0.1) is 17.9 Å². The quantitative estimate of drug-likeness (QED) is 0.738. The molecule has 0 aliphatic carbocycles. The van der Waals surface area contributed by atoms with Crippen LogP contribution < -0.4 is 5.32 Å². The van der Waals surface area contributed by atoms with Crippen molar-refractivity contribution in [3.63, 3.8) is 0 Å². The first-order chi connectivity index (χ1) is 10.1. The maximum absolute atomic E-state index is 4.49. The van der Waals surface area contributed by atoms with Crippen molar-refractivity contribution in [2.45, 2.75) is 19.9 Å². The standard InChI is InChI=1S/C15H15BrN4S/c1-10(15-13(16)5-8-21-15)19-12-3-4-14(18-9-12)20-7-6-17-11(20)2/h3-10,19H,1-2H3. The van der Waals surface area contributed by atoms with Gasteiger partial charge in [0, 0.05) is 21.7 Å². The molecule has 21 heavy (non-hydrogen) atoms. The highest BCUT2D eigenvalue weighted by atomic mass is 79.9. The highest BCUT2D eigenvalue weighted by Gasteiger charge is 2.11. The maximum atomic E-state index is 4.49. The van der Waals surface area contributed by atoms with Crippen LogP contribution in [0.3, 0.4) is 0 Å². The normalized spacial score (nSPS) is 12.3. The molecule has 0 aromatic carbocycles. The van der Waals surface area contributed by atoms with E-state index in [1.807, 2.05) is 36.0 Å². The number of aryl methyl sites for hydroxylation is 1. The van der Waals surface area contributed by atoms with Crippen LogP contribution in [0.5, 0.6) is 0 Å². The lowest BCUT2D eigenvalue weighted by atomic mass is 10.2. The molecule has 0 saturated carbocycles. The molecule has 0 fully saturated rings. The fourth-order valence-electron chi connectivity index (χ4n) is 2.16. The molecule has 108 valence electrons. The van der Waals surface area contributed by atoms with E-state index in [1.165, 1.54) is 4.88 Å². The van der Waals surface area contributed by atoms with Gasteiger partial charge >= 0.3 is 0 Å². The van der Waals surface area contributed by atoms with Crippen LogP contribution in [0.4, 0.5) is 5.69 Å². The van der Waals surface area contributed by atoms with E-state index in [1.54, 1.807) is 17.5 Å². The summed E-state index contributed by atoms with van der Waals surface area (Å²) in [6.45, 7) is 4.11. The second kappa shape index (κ2) is 5.99. The molecule has 0 amide bonds. The van der Waals surface area contributed by atoms with Crippen molar-refractivity contribution in [3.8, 4) is 5.82 Å². The first-order valence-corrected chi connectivity index (χ1v) is 8.28. The van der Waals surface area contributed by atoms with E-state index in [9.17, 15) is 0 Å². The number of rotatable bonds is 4. The molecule has 6 heteroatoms. The van der Waals surface area contributed by atoms with Crippen LogP contribution in [0.15, 0.2) is 46.6 Å². The van der Waals surface area contributed by atoms with E-state index in [-0.39, 0.29) is 6.04 Å². The van der Waals surface area contributed by atoms with Gasteiger partial charge in [-0.2, -0.15) is 0 Å². The third-order valence-electron chi connectivity index (χ3n) is 3.24. The van der Waals surface area contributed by atoms with Crippen LogP contribution in [-0.2, 0) is 0 Å². The summed E-state index contributed by atoms with van der Waals surface area (Å²) in [5, 5.41) is 5.55.